The summed E-state index contributed by atoms with van der Waals surface area (Å²) in [6, 6.07) is 10.9. The van der Waals surface area contributed by atoms with Crippen LogP contribution in [0.2, 0.25) is 0 Å². The zero-order chi connectivity index (χ0) is 33.0. The molecular weight excluding hydrogens is 599 g/mol. The predicted octanol–water partition coefficient (Wildman–Crippen LogP) is 5.54. The van der Waals surface area contributed by atoms with Crippen LogP contribution in [0.5, 0.6) is 0 Å². The number of hydrogen-bond acceptors (Lipinski definition) is 5. The molecule has 0 saturated carbocycles. The number of nitrogens with one attached hydrogen (secondary N) is 1. The first-order chi connectivity index (χ1) is 20.2. The highest BCUT2D eigenvalue weighted by molar-refractivity contribution is 6.21. The highest BCUT2D eigenvalue weighted by atomic mass is 35.5. The van der Waals surface area contributed by atoms with E-state index >= 15 is 0 Å². The fraction of sp³-hybridized carbons (Fsp3) is 0.531. The van der Waals surface area contributed by atoms with Crippen LogP contribution in [0.4, 0.5) is 18.0 Å². The number of amides is 3. The second kappa shape index (κ2) is 13.8. The molecule has 1 fully saturated rings. The molecule has 3 amide bonds. The normalized spacial score (nSPS) is 18.8. The molecule has 2 aromatic rings. The van der Waals surface area contributed by atoms with Gasteiger partial charge >= 0.3 is 12.3 Å². The number of nitrogens with zero attached hydrogens (tertiary/aromatic N) is 2. The van der Waals surface area contributed by atoms with E-state index < -0.39 is 64.4 Å². The molecular formula is C32H41ClF3N3O5. The summed E-state index contributed by atoms with van der Waals surface area (Å²) in [5.41, 5.74) is -1.38. The molecule has 0 unspecified atom stereocenters. The summed E-state index contributed by atoms with van der Waals surface area (Å²) in [7, 11) is 0. The van der Waals surface area contributed by atoms with Gasteiger partial charge in [0.2, 0.25) is 5.91 Å². The van der Waals surface area contributed by atoms with Crippen molar-refractivity contribution in [3.05, 3.63) is 71.3 Å². The Labute approximate surface area is 261 Å². The Morgan fingerprint density at radius 3 is 2.11 bits per heavy atom. The number of likely N-dealkylation sites (tertiary alicyclic amines) is 1. The van der Waals surface area contributed by atoms with Crippen LogP contribution in [0.25, 0.3) is 0 Å². The summed E-state index contributed by atoms with van der Waals surface area (Å²) in [6.45, 7) is 10.3. The van der Waals surface area contributed by atoms with E-state index in [0.29, 0.717) is 11.1 Å². The first-order valence-corrected chi connectivity index (χ1v) is 14.8. The first kappa shape index (κ1) is 35.2. The van der Waals surface area contributed by atoms with Crippen LogP contribution in [-0.2, 0) is 33.5 Å². The maximum atomic E-state index is 14.0. The average molecular weight is 640 g/mol. The molecule has 1 saturated heterocycles. The van der Waals surface area contributed by atoms with Gasteiger partial charge in [0, 0.05) is 18.6 Å². The van der Waals surface area contributed by atoms with E-state index in [4.69, 9.17) is 16.3 Å². The van der Waals surface area contributed by atoms with Crippen molar-refractivity contribution in [2.24, 2.45) is 0 Å². The molecule has 0 radical (unpaired) electrons. The van der Waals surface area contributed by atoms with E-state index in [9.17, 15) is 32.7 Å². The van der Waals surface area contributed by atoms with E-state index in [2.05, 4.69) is 5.32 Å². The number of alkyl halides is 4. The molecule has 1 aliphatic rings. The van der Waals surface area contributed by atoms with Gasteiger partial charge in [-0.15, -0.1) is 11.6 Å². The standard InChI is InChI=1S/C32H41ClF3N3O5/c1-30(2,3)37-27(41)25-17-23(33)19-38(25)28(42)26(40)24(16-20-12-14-22(15-13-20)32(34,35)36)39(29(43)44-31(4,5)6)18-21-10-8-7-9-11-21/h7-15,23-26,40H,16-19H2,1-6H3,(H,37,41)/t23-,24-,25-,26-/m0/s1. The topological polar surface area (TPSA) is 99.2 Å². The van der Waals surface area contributed by atoms with Gasteiger partial charge < -0.3 is 20.1 Å². The second-order valence-electron chi connectivity index (χ2n) is 13.1. The highest BCUT2D eigenvalue weighted by Gasteiger charge is 2.45. The Morgan fingerprint density at radius 1 is 1.00 bits per heavy atom. The lowest BCUT2D eigenvalue weighted by Crippen LogP contribution is -2.58. The molecule has 2 aromatic carbocycles. The summed E-state index contributed by atoms with van der Waals surface area (Å²) in [5, 5.41) is 14.0. The summed E-state index contributed by atoms with van der Waals surface area (Å²) in [6.07, 6.45) is -7.29. The first-order valence-electron chi connectivity index (χ1n) is 14.4. The van der Waals surface area contributed by atoms with Gasteiger partial charge in [0.05, 0.1) is 17.0 Å². The van der Waals surface area contributed by atoms with E-state index in [1.165, 1.54) is 21.9 Å². The minimum atomic E-state index is -4.56. The van der Waals surface area contributed by atoms with E-state index in [-0.39, 0.29) is 25.9 Å². The van der Waals surface area contributed by atoms with Crippen LogP contribution in [0.3, 0.4) is 0 Å². The van der Waals surface area contributed by atoms with Gasteiger partial charge in [-0.2, -0.15) is 13.2 Å². The van der Waals surface area contributed by atoms with Crippen LogP contribution in [0.15, 0.2) is 54.6 Å². The lowest BCUT2D eigenvalue weighted by molar-refractivity contribution is -0.148. The molecule has 0 spiro atoms. The van der Waals surface area contributed by atoms with Gasteiger partial charge in [0.25, 0.3) is 5.91 Å². The minimum absolute atomic E-state index is 0.0161. The molecule has 0 bridgehead atoms. The summed E-state index contributed by atoms with van der Waals surface area (Å²) < 4.78 is 45.4. The van der Waals surface area contributed by atoms with Crippen molar-refractivity contribution < 1.29 is 37.4 Å². The Hall–Kier alpha value is -3.31. The second-order valence-corrected chi connectivity index (χ2v) is 13.7. The van der Waals surface area contributed by atoms with Crippen molar-refractivity contribution >= 4 is 29.5 Å². The maximum Gasteiger partial charge on any atom is 0.416 e. The Balaban J connectivity index is 2.04. The summed E-state index contributed by atoms with van der Waals surface area (Å²) in [4.78, 5) is 43.2. The fourth-order valence-electron chi connectivity index (χ4n) is 4.95. The smallest absolute Gasteiger partial charge is 0.416 e. The average Bonchev–Trinajstić information content (AvgIpc) is 3.30. The third-order valence-corrected chi connectivity index (χ3v) is 7.22. The Bertz CT molecular complexity index is 1290. The molecule has 44 heavy (non-hydrogen) atoms. The number of aliphatic hydroxyl groups excluding tert-OH is 1. The number of carbonyl (C=O) groups excluding carboxylic acids is 3. The maximum absolute atomic E-state index is 14.0. The third kappa shape index (κ3) is 9.85. The van der Waals surface area contributed by atoms with Gasteiger partial charge in [-0.05, 0) is 77.6 Å². The summed E-state index contributed by atoms with van der Waals surface area (Å²) >= 11 is 6.39. The van der Waals surface area contributed by atoms with E-state index in [1.807, 2.05) is 0 Å². The molecule has 0 aromatic heterocycles. The lowest BCUT2D eigenvalue weighted by atomic mass is 9.97. The molecule has 3 rings (SSSR count). The van der Waals surface area contributed by atoms with Crippen molar-refractivity contribution in [1.82, 2.24) is 15.1 Å². The molecule has 8 nitrogen and oxygen atoms in total. The molecule has 1 aliphatic heterocycles. The van der Waals surface area contributed by atoms with Crippen molar-refractivity contribution in [3.63, 3.8) is 0 Å². The van der Waals surface area contributed by atoms with Crippen molar-refractivity contribution in [2.75, 3.05) is 6.54 Å². The predicted molar refractivity (Wildman–Crippen MR) is 161 cm³/mol. The number of rotatable bonds is 8. The van der Waals surface area contributed by atoms with Gasteiger partial charge in [-0.3, -0.25) is 14.5 Å². The Kier molecular flexibility index (Phi) is 11.0. The van der Waals surface area contributed by atoms with Crippen molar-refractivity contribution in [1.29, 1.82) is 0 Å². The molecule has 1 heterocycles. The molecule has 0 aliphatic carbocycles. The SMILES string of the molecule is CC(C)(C)NC(=O)[C@@H]1C[C@H](Cl)CN1C(=O)[C@@H](O)[C@H](Cc1ccc(C(F)(F)F)cc1)N(Cc1ccccc1)C(=O)OC(C)(C)C. The van der Waals surface area contributed by atoms with Gasteiger partial charge in [0.15, 0.2) is 6.10 Å². The lowest BCUT2D eigenvalue weighted by Gasteiger charge is -2.37. The van der Waals surface area contributed by atoms with E-state index in [0.717, 1.165) is 12.1 Å². The molecule has 12 heteroatoms. The van der Waals surface area contributed by atoms with Gasteiger partial charge in [-0.1, -0.05) is 42.5 Å². The van der Waals surface area contributed by atoms with Gasteiger partial charge in [0.1, 0.15) is 11.6 Å². The zero-order valence-corrected chi connectivity index (χ0v) is 26.6. The monoisotopic (exact) mass is 639 g/mol. The third-order valence-electron chi connectivity index (χ3n) is 6.90. The number of hydrogen-bond donors (Lipinski definition) is 2. The minimum Gasteiger partial charge on any atom is -0.444 e. The number of carbonyl (C=O) groups is 3. The van der Waals surface area contributed by atoms with Crippen molar-refractivity contribution in [3.8, 4) is 0 Å². The number of aliphatic hydroxyl groups is 1. The van der Waals surface area contributed by atoms with Gasteiger partial charge in [-0.25, -0.2) is 4.79 Å². The molecule has 4 atom stereocenters. The largest absolute Gasteiger partial charge is 0.444 e. The van der Waals surface area contributed by atoms with Crippen molar-refractivity contribution in [2.45, 2.75) is 102 Å². The summed E-state index contributed by atoms with van der Waals surface area (Å²) in [5.74, 6) is -1.27. The van der Waals surface area contributed by atoms with Crippen LogP contribution in [0.1, 0.15) is 64.7 Å². The quantitative estimate of drug-likeness (QED) is 0.370. The molecule has 242 valence electrons. The highest BCUT2D eigenvalue weighted by Crippen LogP contribution is 2.31. The number of benzene rings is 2. The van der Waals surface area contributed by atoms with Crippen LogP contribution >= 0.6 is 11.6 Å². The van der Waals surface area contributed by atoms with Crippen LogP contribution in [-0.4, -0.2) is 74.1 Å². The Morgan fingerprint density at radius 2 is 1.59 bits per heavy atom. The van der Waals surface area contributed by atoms with E-state index in [1.54, 1.807) is 71.9 Å². The fourth-order valence-corrected chi connectivity index (χ4v) is 5.26. The van der Waals surface area contributed by atoms with Crippen LogP contribution < -0.4 is 5.32 Å². The zero-order valence-electron chi connectivity index (χ0n) is 25.8. The molecule has 2 N–H and O–H groups in total. The number of halogens is 4. The number of ether oxygens (including phenoxy) is 1. The van der Waals surface area contributed by atoms with Crippen LogP contribution in [0, 0.1) is 0 Å².